The zero-order valence-electron chi connectivity index (χ0n) is 18.6. The number of hydrogen-bond acceptors (Lipinski definition) is 6. The molecule has 2 aliphatic heterocycles. The molecular weight excluding hydrogens is 463 g/mol. The lowest BCUT2D eigenvalue weighted by Crippen LogP contribution is -2.41. The number of halogens is 2. The number of carbonyl (C=O) groups is 1. The molecule has 0 unspecified atom stereocenters. The van der Waals surface area contributed by atoms with Gasteiger partial charge >= 0.3 is 0 Å². The van der Waals surface area contributed by atoms with Crippen molar-refractivity contribution in [2.75, 3.05) is 37.8 Å². The summed E-state index contributed by atoms with van der Waals surface area (Å²) in [5.41, 5.74) is 1.52. The molecule has 0 aliphatic carbocycles. The molecule has 6 nitrogen and oxygen atoms in total. The Kier molecular flexibility index (Phi) is 7.36. The first kappa shape index (κ1) is 23.7. The van der Waals surface area contributed by atoms with E-state index in [4.69, 9.17) is 26.3 Å². The SMILES string of the molecule is CCN1CCC2(CC1)N=C(SCC(=O)Nc1cc(Cl)ccc1OC)C(c1ccc(F)cc1)=N2. The Labute approximate surface area is 202 Å². The van der Waals surface area contributed by atoms with Crippen LogP contribution in [0.4, 0.5) is 10.1 Å². The Morgan fingerprint density at radius 2 is 1.94 bits per heavy atom. The van der Waals surface area contributed by atoms with Crippen LogP contribution < -0.4 is 10.1 Å². The van der Waals surface area contributed by atoms with Crippen molar-refractivity contribution in [3.05, 3.63) is 58.9 Å². The number of ether oxygens (including phenoxy) is 1. The number of amides is 1. The number of nitrogens with zero attached hydrogens (tertiary/aromatic N) is 3. The van der Waals surface area contributed by atoms with E-state index in [9.17, 15) is 9.18 Å². The maximum Gasteiger partial charge on any atom is 0.234 e. The lowest BCUT2D eigenvalue weighted by atomic mass is 9.98. The number of thioether (sulfide) groups is 1. The summed E-state index contributed by atoms with van der Waals surface area (Å²) in [6.45, 7) is 5.00. The maximum absolute atomic E-state index is 13.5. The van der Waals surface area contributed by atoms with Crippen molar-refractivity contribution in [3.63, 3.8) is 0 Å². The third-order valence-corrected chi connectivity index (χ3v) is 7.03. The Balaban J connectivity index is 1.51. The highest BCUT2D eigenvalue weighted by molar-refractivity contribution is 8.16. The van der Waals surface area contributed by atoms with Gasteiger partial charge in [-0.05, 0) is 49.0 Å². The molecular formula is C24H26ClFN4O2S. The predicted octanol–water partition coefficient (Wildman–Crippen LogP) is 4.87. The van der Waals surface area contributed by atoms with Crippen molar-refractivity contribution in [2.24, 2.45) is 9.98 Å². The number of hydrogen-bond donors (Lipinski definition) is 1. The van der Waals surface area contributed by atoms with E-state index in [-0.39, 0.29) is 17.5 Å². The topological polar surface area (TPSA) is 66.3 Å². The van der Waals surface area contributed by atoms with Crippen molar-refractivity contribution in [1.82, 2.24) is 4.90 Å². The number of piperidine rings is 1. The number of anilines is 1. The Hall–Kier alpha value is -2.42. The van der Waals surface area contributed by atoms with Crippen molar-refractivity contribution < 1.29 is 13.9 Å². The third-order valence-electron chi connectivity index (χ3n) is 5.83. The van der Waals surface area contributed by atoms with E-state index in [1.807, 2.05) is 0 Å². The minimum Gasteiger partial charge on any atom is -0.495 e. The highest BCUT2D eigenvalue weighted by atomic mass is 35.5. The van der Waals surface area contributed by atoms with Crippen LogP contribution in [0.3, 0.4) is 0 Å². The Morgan fingerprint density at radius 1 is 1.21 bits per heavy atom. The van der Waals surface area contributed by atoms with Crippen LogP contribution in [-0.4, -0.2) is 59.7 Å². The second-order valence-electron chi connectivity index (χ2n) is 7.98. The second kappa shape index (κ2) is 10.2. The summed E-state index contributed by atoms with van der Waals surface area (Å²) >= 11 is 7.40. The molecule has 2 aromatic rings. The average Bonchev–Trinajstić information content (AvgIpc) is 3.17. The van der Waals surface area contributed by atoms with Crippen LogP contribution >= 0.6 is 23.4 Å². The molecule has 1 fully saturated rings. The summed E-state index contributed by atoms with van der Waals surface area (Å²) in [5.74, 6) is 0.172. The van der Waals surface area contributed by atoms with Gasteiger partial charge in [0, 0.05) is 36.5 Å². The summed E-state index contributed by atoms with van der Waals surface area (Å²) in [4.78, 5) is 25.1. The van der Waals surface area contributed by atoms with Gasteiger partial charge in [-0.1, -0.05) is 30.3 Å². The predicted molar refractivity (Wildman–Crippen MR) is 134 cm³/mol. The van der Waals surface area contributed by atoms with Crippen molar-refractivity contribution in [3.8, 4) is 5.75 Å². The van der Waals surface area contributed by atoms with Gasteiger partial charge in [-0.25, -0.2) is 9.38 Å². The summed E-state index contributed by atoms with van der Waals surface area (Å²) in [7, 11) is 1.54. The molecule has 0 radical (unpaired) electrons. The van der Waals surface area contributed by atoms with Crippen LogP contribution in [0.25, 0.3) is 0 Å². The normalized spacial score (nSPS) is 17.6. The minimum absolute atomic E-state index is 0.145. The van der Waals surface area contributed by atoms with Gasteiger partial charge in [-0.15, -0.1) is 0 Å². The molecule has 1 amide bonds. The average molecular weight is 489 g/mol. The quantitative estimate of drug-likeness (QED) is 0.629. The highest BCUT2D eigenvalue weighted by Gasteiger charge is 2.39. The van der Waals surface area contributed by atoms with E-state index in [0.717, 1.165) is 43.8 Å². The number of likely N-dealkylation sites (tertiary alicyclic amines) is 1. The van der Waals surface area contributed by atoms with Crippen LogP contribution in [0.5, 0.6) is 5.75 Å². The molecule has 0 aromatic heterocycles. The number of nitrogens with one attached hydrogen (secondary N) is 1. The van der Waals surface area contributed by atoms with Gasteiger partial charge in [0.2, 0.25) is 5.91 Å². The maximum atomic E-state index is 13.5. The first-order valence-electron chi connectivity index (χ1n) is 10.9. The van der Waals surface area contributed by atoms with Crippen LogP contribution in [0.2, 0.25) is 5.02 Å². The fourth-order valence-electron chi connectivity index (χ4n) is 3.97. The Morgan fingerprint density at radius 3 is 2.61 bits per heavy atom. The molecule has 1 N–H and O–H groups in total. The molecule has 2 heterocycles. The second-order valence-corrected chi connectivity index (χ2v) is 9.38. The molecule has 1 saturated heterocycles. The molecule has 4 rings (SSSR count). The van der Waals surface area contributed by atoms with Crippen LogP contribution in [0.1, 0.15) is 25.3 Å². The molecule has 0 atom stereocenters. The summed E-state index contributed by atoms with van der Waals surface area (Å²) in [6, 6.07) is 11.3. The lowest BCUT2D eigenvalue weighted by molar-refractivity contribution is -0.113. The molecule has 2 aliphatic rings. The summed E-state index contributed by atoms with van der Waals surface area (Å²) in [6.07, 6.45) is 1.64. The number of methoxy groups -OCH3 is 1. The van der Waals surface area contributed by atoms with Gasteiger partial charge in [0.05, 0.1) is 24.3 Å². The van der Waals surface area contributed by atoms with Crippen LogP contribution in [-0.2, 0) is 4.79 Å². The number of benzene rings is 2. The number of aliphatic imine (C=N–C) groups is 2. The van der Waals surface area contributed by atoms with Crippen molar-refractivity contribution in [1.29, 1.82) is 0 Å². The van der Waals surface area contributed by atoms with Gasteiger partial charge in [-0.2, -0.15) is 0 Å². The molecule has 1 spiro atoms. The summed E-state index contributed by atoms with van der Waals surface area (Å²) in [5, 5.41) is 4.07. The smallest absolute Gasteiger partial charge is 0.234 e. The first-order chi connectivity index (χ1) is 15.9. The lowest BCUT2D eigenvalue weighted by Gasteiger charge is -2.34. The minimum atomic E-state index is -0.510. The molecule has 2 aromatic carbocycles. The van der Waals surface area contributed by atoms with Gasteiger partial charge in [-0.3, -0.25) is 9.79 Å². The van der Waals surface area contributed by atoms with E-state index in [1.54, 1.807) is 30.3 Å². The van der Waals surface area contributed by atoms with Crippen molar-refractivity contribution in [2.45, 2.75) is 25.4 Å². The zero-order valence-corrected chi connectivity index (χ0v) is 20.2. The highest BCUT2D eigenvalue weighted by Crippen LogP contribution is 2.36. The standard InChI is InChI=1S/C24H26ClFN4O2S/c1-3-30-12-10-24(11-13-30)28-22(16-4-7-18(26)8-5-16)23(29-24)33-15-21(31)27-19-14-17(25)6-9-20(19)32-2/h4-9,14H,3,10-13,15H2,1-2H3,(H,27,31). The number of carbonyl (C=O) groups excluding carboxylic acids is 1. The van der Waals surface area contributed by atoms with Gasteiger partial charge < -0.3 is 15.0 Å². The van der Waals surface area contributed by atoms with E-state index in [0.29, 0.717) is 21.5 Å². The van der Waals surface area contributed by atoms with Gasteiger partial charge in [0.25, 0.3) is 0 Å². The molecule has 9 heteroatoms. The molecule has 174 valence electrons. The molecule has 0 saturated carbocycles. The fourth-order valence-corrected chi connectivity index (χ4v) is 5.02. The van der Waals surface area contributed by atoms with Gasteiger partial charge in [0.15, 0.2) is 5.66 Å². The van der Waals surface area contributed by atoms with Crippen LogP contribution in [0.15, 0.2) is 52.4 Å². The van der Waals surface area contributed by atoms with Crippen molar-refractivity contribution >= 4 is 45.7 Å². The third kappa shape index (κ3) is 5.57. The van der Waals surface area contributed by atoms with Gasteiger partial charge in [0.1, 0.15) is 16.6 Å². The van der Waals surface area contributed by atoms with E-state index >= 15 is 0 Å². The molecule has 0 bridgehead atoms. The Bertz CT molecular complexity index is 1080. The largest absolute Gasteiger partial charge is 0.495 e. The fraction of sp³-hybridized carbons (Fsp3) is 0.375. The van der Waals surface area contributed by atoms with E-state index < -0.39 is 5.66 Å². The number of rotatable bonds is 6. The monoisotopic (exact) mass is 488 g/mol. The first-order valence-corrected chi connectivity index (χ1v) is 12.2. The van der Waals surface area contributed by atoms with E-state index in [2.05, 4.69) is 17.1 Å². The van der Waals surface area contributed by atoms with E-state index in [1.165, 1.54) is 31.0 Å². The zero-order chi connectivity index (χ0) is 23.4. The molecule has 33 heavy (non-hydrogen) atoms. The van der Waals surface area contributed by atoms with Crippen LogP contribution in [0, 0.1) is 5.82 Å². The summed E-state index contributed by atoms with van der Waals surface area (Å²) < 4.78 is 18.8.